The molecule has 8 aromatic rings. The van der Waals surface area contributed by atoms with E-state index in [9.17, 15) is 9.59 Å². The van der Waals surface area contributed by atoms with E-state index in [0.717, 1.165) is 44.8 Å². The topological polar surface area (TPSA) is 101 Å². The van der Waals surface area contributed by atoms with Crippen molar-refractivity contribution in [2.75, 3.05) is 13.2 Å². The Bertz CT molecular complexity index is 2880. The maximum Gasteiger partial charge on any atom is 0.250 e. The van der Waals surface area contributed by atoms with Gasteiger partial charge in [0, 0.05) is 46.2 Å². The van der Waals surface area contributed by atoms with Gasteiger partial charge in [-0.15, -0.1) is 0 Å². The molecule has 0 saturated carbocycles. The third-order valence-corrected chi connectivity index (χ3v) is 12.8. The van der Waals surface area contributed by atoms with Crippen molar-refractivity contribution in [3.8, 4) is 0 Å². The van der Waals surface area contributed by atoms with E-state index < -0.39 is 34.9 Å². The van der Waals surface area contributed by atoms with Gasteiger partial charge in [0.25, 0.3) is 0 Å². The van der Waals surface area contributed by atoms with Gasteiger partial charge in [-0.1, -0.05) is 182 Å². The zero-order chi connectivity index (χ0) is 49.9. The fourth-order valence-electron chi connectivity index (χ4n) is 8.96. The molecule has 2 aliphatic heterocycles. The third kappa shape index (κ3) is 11.7. The van der Waals surface area contributed by atoms with Crippen molar-refractivity contribution in [2.24, 2.45) is 9.98 Å². The molecular weight excluding hydrogens is 903 g/mol. The first-order valence-electron chi connectivity index (χ1n) is 24.0. The molecule has 2 N–H and O–H groups in total. The van der Waals surface area contributed by atoms with E-state index in [1.54, 1.807) is 38.1 Å². The molecule has 0 radical (unpaired) electrons. The molecular formula is C62H54F2N4O4. The number of rotatable bonds is 12. The van der Waals surface area contributed by atoms with Crippen molar-refractivity contribution in [1.82, 2.24) is 10.6 Å². The van der Waals surface area contributed by atoms with E-state index in [4.69, 9.17) is 19.5 Å². The van der Waals surface area contributed by atoms with Gasteiger partial charge >= 0.3 is 0 Å². The van der Waals surface area contributed by atoms with Crippen LogP contribution >= 0.6 is 0 Å². The maximum absolute atomic E-state index is 15.1. The minimum Gasteiger partial charge on any atom is -0.365 e. The summed E-state index contributed by atoms with van der Waals surface area (Å²) < 4.78 is 42.1. The minimum absolute atomic E-state index is 0.157. The first-order valence-corrected chi connectivity index (χ1v) is 24.0. The van der Waals surface area contributed by atoms with Gasteiger partial charge in [-0.3, -0.25) is 9.59 Å². The van der Waals surface area contributed by atoms with E-state index in [1.807, 2.05) is 182 Å². The van der Waals surface area contributed by atoms with Gasteiger partial charge in [0.15, 0.2) is 0 Å². The minimum atomic E-state index is -1.01. The number of ether oxygens (including phenoxy) is 2. The molecule has 2 fully saturated rings. The summed E-state index contributed by atoms with van der Waals surface area (Å²) in [6.07, 6.45) is -0.305. The quantitative estimate of drug-likeness (QED) is 0.119. The molecule has 1 unspecified atom stereocenters. The molecule has 8 aromatic carbocycles. The van der Waals surface area contributed by atoms with Crippen LogP contribution in [0.1, 0.15) is 58.4 Å². The normalized spacial score (nSPS) is 19.4. The summed E-state index contributed by atoms with van der Waals surface area (Å²) in [4.78, 5) is 35.7. The Morgan fingerprint density at radius 3 is 1.04 bits per heavy atom. The van der Waals surface area contributed by atoms with Crippen LogP contribution in [0.3, 0.4) is 0 Å². The standard InChI is InChI=1S/2C31H27FN2O2/c2*1-31(21-36-28(30(35)34-31)19-22-11-5-2-6-12-22)26-20-25(17-18-27(26)32)33-29(23-13-7-3-8-14-23)24-15-9-4-10-16-24/h2*2-18,20,28H,19,21H2,1H3,(H,34,35)/t28-,31?;28-,31+/m11/s1. The molecule has 0 bridgehead atoms. The SMILES string of the molecule is CC1(c2cc(N=C(c3ccccc3)c3ccccc3)ccc2F)CO[C@H](Cc2ccccc2)C(=O)N1.C[C@@]1(c2cc(N=C(c3ccccc3)c3ccccc3)ccc2F)CO[C@H](Cc2ccccc2)C(=O)N1. The number of halogens is 2. The summed E-state index contributed by atoms with van der Waals surface area (Å²) >= 11 is 0. The van der Waals surface area contributed by atoms with Gasteiger partial charge in [0.2, 0.25) is 11.8 Å². The second-order valence-corrected chi connectivity index (χ2v) is 18.3. The molecule has 2 aliphatic rings. The molecule has 4 atom stereocenters. The molecule has 2 saturated heterocycles. The number of carbonyl (C=O) groups excluding carboxylic acids is 2. The zero-order valence-corrected chi connectivity index (χ0v) is 40.1. The maximum atomic E-state index is 15.1. The number of carbonyl (C=O) groups is 2. The fraction of sp³-hybridized carbons (Fsp3) is 0.161. The highest BCUT2D eigenvalue weighted by Crippen LogP contribution is 2.34. The van der Waals surface area contributed by atoms with E-state index >= 15 is 8.78 Å². The van der Waals surface area contributed by atoms with E-state index in [2.05, 4.69) is 10.6 Å². The van der Waals surface area contributed by atoms with Crippen molar-refractivity contribution in [3.05, 3.63) is 275 Å². The van der Waals surface area contributed by atoms with Gasteiger partial charge in [-0.05, 0) is 61.4 Å². The monoisotopic (exact) mass is 956 g/mol. The molecule has 72 heavy (non-hydrogen) atoms. The van der Waals surface area contributed by atoms with Gasteiger partial charge < -0.3 is 20.1 Å². The second kappa shape index (κ2) is 22.3. The molecule has 10 rings (SSSR count). The number of hydrogen-bond acceptors (Lipinski definition) is 6. The number of nitrogens with one attached hydrogen (secondary N) is 2. The van der Waals surface area contributed by atoms with Crippen LogP contribution in [0.15, 0.2) is 228 Å². The molecule has 2 amide bonds. The highest BCUT2D eigenvalue weighted by Gasteiger charge is 2.41. The van der Waals surface area contributed by atoms with Crippen LogP contribution in [0.4, 0.5) is 20.2 Å². The van der Waals surface area contributed by atoms with Gasteiger partial charge in [0.1, 0.15) is 23.8 Å². The lowest BCUT2D eigenvalue weighted by atomic mass is 9.89. The molecule has 360 valence electrons. The van der Waals surface area contributed by atoms with Crippen LogP contribution in [-0.2, 0) is 43.0 Å². The van der Waals surface area contributed by atoms with Crippen molar-refractivity contribution >= 4 is 34.6 Å². The van der Waals surface area contributed by atoms with Crippen molar-refractivity contribution in [3.63, 3.8) is 0 Å². The van der Waals surface area contributed by atoms with Crippen LogP contribution < -0.4 is 10.6 Å². The number of aliphatic imine (C=N–C) groups is 2. The van der Waals surface area contributed by atoms with Gasteiger partial charge in [0.05, 0.1) is 47.1 Å². The third-order valence-electron chi connectivity index (χ3n) is 12.8. The van der Waals surface area contributed by atoms with E-state index in [1.165, 1.54) is 12.1 Å². The highest BCUT2D eigenvalue weighted by atomic mass is 19.1. The predicted molar refractivity (Wildman–Crippen MR) is 280 cm³/mol. The molecule has 8 nitrogen and oxygen atoms in total. The lowest BCUT2D eigenvalue weighted by molar-refractivity contribution is -0.146. The summed E-state index contributed by atoms with van der Waals surface area (Å²) in [7, 11) is 0. The van der Waals surface area contributed by atoms with Crippen molar-refractivity contribution in [2.45, 2.75) is 50.0 Å². The Morgan fingerprint density at radius 1 is 0.458 bits per heavy atom. The second-order valence-electron chi connectivity index (χ2n) is 18.3. The summed E-state index contributed by atoms with van der Waals surface area (Å²) in [5.74, 6) is -1.34. The molecule has 0 aliphatic carbocycles. The smallest absolute Gasteiger partial charge is 0.250 e. The summed E-state index contributed by atoms with van der Waals surface area (Å²) in [6, 6.07) is 68.5. The Hall–Kier alpha value is -8.18. The fourth-order valence-corrected chi connectivity index (χ4v) is 8.96. The van der Waals surface area contributed by atoms with Gasteiger partial charge in [-0.2, -0.15) is 0 Å². The van der Waals surface area contributed by atoms with Crippen LogP contribution in [0.5, 0.6) is 0 Å². The number of amides is 2. The van der Waals surface area contributed by atoms with E-state index in [0.29, 0.717) is 35.3 Å². The highest BCUT2D eigenvalue weighted by molar-refractivity contribution is 6.14. The van der Waals surface area contributed by atoms with Crippen LogP contribution in [0.2, 0.25) is 0 Å². The average molecular weight is 957 g/mol. The summed E-state index contributed by atoms with van der Waals surface area (Å²) in [6.45, 7) is 3.88. The van der Waals surface area contributed by atoms with Crippen LogP contribution in [0, 0.1) is 11.6 Å². The van der Waals surface area contributed by atoms with Crippen LogP contribution in [-0.4, -0.2) is 48.7 Å². The molecule has 0 aromatic heterocycles. The molecule has 2 heterocycles. The lowest BCUT2D eigenvalue weighted by Crippen LogP contribution is -2.57. The van der Waals surface area contributed by atoms with Crippen molar-refractivity contribution in [1.29, 1.82) is 0 Å². The first-order chi connectivity index (χ1) is 35.0. The molecule has 0 spiro atoms. The Balaban J connectivity index is 0.000000178. The zero-order valence-electron chi connectivity index (χ0n) is 40.1. The Kier molecular flexibility index (Phi) is 15.1. The largest absolute Gasteiger partial charge is 0.365 e. The van der Waals surface area contributed by atoms with Crippen LogP contribution in [0.25, 0.3) is 0 Å². The summed E-state index contributed by atoms with van der Waals surface area (Å²) in [5.41, 5.74) is 7.26. The summed E-state index contributed by atoms with van der Waals surface area (Å²) in [5, 5.41) is 6.02. The average Bonchev–Trinajstić information content (AvgIpc) is 3.41. The Morgan fingerprint density at radius 2 is 0.750 bits per heavy atom. The lowest BCUT2D eigenvalue weighted by Gasteiger charge is -2.38. The first kappa shape index (κ1) is 48.8. The van der Waals surface area contributed by atoms with E-state index in [-0.39, 0.29) is 25.0 Å². The predicted octanol–water partition coefficient (Wildman–Crippen LogP) is 11.9. The van der Waals surface area contributed by atoms with Gasteiger partial charge in [-0.25, -0.2) is 18.8 Å². The van der Waals surface area contributed by atoms with Crippen molar-refractivity contribution < 1.29 is 27.8 Å². The Labute approximate surface area is 419 Å². The number of benzene rings is 8. The molecule has 10 heteroatoms. The number of nitrogens with zero attached hydrogens (tertiary/aromatic N) is 2. The number of hydrogen-bond donors (Lipinski definition) is 2. The number of morpholine rings is 2.